The molecule has 1 atom stereocenters. The molecular formula is C22H33N3O6. The number of hydrogen-bond donors (Lipinski definition) is 2. The number of rotatable bonds is 9. The van der Waals surface area contributed by atoms with E-state index >= 15 is 0 Å². The third-order valence-electron chi connectivity index (χ3n) is 4.98. The van der Waals surface area contributed by atoms with Crippen LogP contribution in [0.15, 0.2) is 24.3 Å². The normalized spacial score (nSPS) is 15.7. The third kappa shape index (κ3) is 9.33. The molecule has 1 saturated carbocycles. The zero-order valence-electron chi connectivity index (χ0n) is 18.5. The van der Waals surface area contributed by atoms with Crippen LogP contribution in [0.25, 0.3) is 0 Å². The molecule has 0 heterocycles. The van der Waals surface area contributed by atoms with Crippen LogP contribution in [-0.4, -0.2) is 41.8 Å². The van der Waals surface area contributed by atoms with Crippen LogP contribution in [0.4, 0.5) is 10.5 Å². The van der Waals surface area contributed by atoms with Gasteiger partial charge in [-0.2, -0.15) is 0 Å². The fourth-order valence-corrected chi connectivity index (χ4v) is 3.39. The fourth-order valence-electron chi connectivity index (χ4n) is 3.39. The fraction of sp³-hybridized carbons (Fsp3) is 0.636. The highest BCUT2D eigenvalue weighted by molar-refractivity contribution is 5.85. The van der Waals surface area contributed by atoms with Crippen molar-refractivity contribution in [1.82, 2.24) is 10.6 Å². The molecule has 0 aliphatic heterocycles. The van der Waals surface area contributed by atoms with E-state index in [1.807, 2.05) is 0 Å². The van der Waals surface area contributed by atoms with Gasteiger partial charge in [0.05, 0.1) is 11.5 Å². The molecule has 9 heteroatoms. The van der Waals surface area contributed by atoms with Crippen LogP contribution in [0.1, 0.15) is 58.4 Å². The van der Waals surface area contributed by atoms with E-state index in [1.54, 1.807) is 32.9 Å². The average Bonchev–Trinajstić information content (AvgIpc) is 2.71. The molecule has 172 valence electrons. The van der Waals surface area contributed by atoms with Gasteiger partial charge in [-0.05, 0) is 45.1 Å². The number of non-ortho nitro benzene ring substituents is 1. The van der Waals surface area contributed by atoms with E-state index in [4.69, 9.17) is 9.47 Å². The number of nitro groups is 1. The molecule has 2 rings (SSSR count). The van der Waals surface area contributed by atoms with Crippen molar-refractivity contribution in [1.29, 1.82) is 0 Å². The van der Waals surface area contributed by atoms with Crippen LogP contribution in [0.3, 0.4) is 0 Å². The smallest absolute Gasteiger partial charge is 0.408 e. The zero-order valence-corrected chi connectivity index (χ0v) is 18.5. The largest absolute Gasteiger partial charge is 0.444 e. The highest BCUT2D eigenvalue weighted by Gasteiger charge is 2.25. The minimum absolute atomic E-state index is 0.0179. The Morgan fingerprint density at radius 3 is 2.39 bits per heavy atom. The van der Waals surface area contributed by atoms with E-state index in [9.17, 15) is 19.7 Å². The number of amides is 2. The summed E-state index contributed by atoms with van der Waals surface area (Å²) in [4.78, 5) is 35.2. The van der Waals surface area contributed by atoms with Gasteiger partial charge in [0.25, 0.3) is 5.69 Å². The standard InChI is InChI=1S/C22H33N3O6/c1-22(2,3)31-21(27)24-19(15-30-14-17-7-5-4-6-8-17)20(26)23-13-16-9-11-18(12-10-16)25(28)29/h9-12,17,19H,4-8,13-15H2,1-3H3,(H,23,26)(H,24,27)/t19-/m0/s1. The number of nitrogens with one attached hydrogen (secondary N) is 2. The molecular weight excluding hydrogens is 402 g/mol. The Morgan fingerprint density at radius 2 is 1.81 bits per heavy atom. The summed E-state index contributed by atoms with van der Waals surface area (Å²) < 4.78 is 11.0. The molecule has 1 fully saturated rings. The summed E-state index contributed by atoms with van der Waals surface area (Å²) in [5.41, 5.74) is 0.000979. The summed E-state index contributed by atoms with van der Waals surface area (Å²) in [6.07, 6.45) is 5.20. The molecule has 0 radical (unpaired) electrons. The first-order chi connectivity index (χ1) is 14.6. The SMILES string of the molecule is CC(C)(C)OC(=O)N[C@@H](COCC1CCCCC1)C(=O)NCc1ccc([N+](=O)[O-])cc1. The van der Waals surface area contributed by atoms with Crippen LogP contribution < -0.4 is 10.6 Å². The molecule has 1 aliphatic rings. The van der Waals surface area contributed by atoms with Crippen molar-refractivity contribution >= 4 is 17.7 Å². The Bertz CT molecular complexity index is 739. The van der Waals surface area contributed by atoms with Gasteiger partial charge in [-0.25, -0.2) is 4.79 Å². The third-order valence-corrected chi connectivity index (χ3v) is 4.98. The van der Waals surface area contributed by atoms with E-state index in [1.165, 1.54) is 31.4 Å². The van der Waals surface area contributed by atoms with Gasteiger partial charge in [-0.3, -0.25) is 14.9 Å². The van der Waals surface area contributed by atoms with E-state index in [2.05, 4.69) is 10.6 Å². The van der Waals surface area contributed by atoms with Crippen LogP contribution >= 0.6 is 0 Å². The van der Waals surface area contributed by atoms with E-state index in [-0.39, 0.29) is 18.8 Å². The van der Waals surface area contributed by atoms with E-state index in [0.29, 0.717) is 18.1 Å². The molecule has 31 heavy (non-hydrogen) atoms. The van der Waals surface area contributed by atoms with Gasteiger partial charge in [0, 0.05) is 25.3 Å². The van der Waals surface area contributed by atoms with Crippen LogP contribution in [0.2, 0.25) is 0 Å². The summed E-state index contributed by atoms with van der Waals surface area (Å²) in [5.74, 6) is 0.0759. The zero-order chi connectivity index (χ0) is 22.9. The highest BCUT2D eigenvalue weighted by atomic mass is 16.6. The minimum Gasteiger partial charge on any atom is -0.444 e. The second kappa shape index (κ2) is 11.6. The molecule has 2 N–H and O–H groups in total. The van der Waals surface area contributed by atoms with Gasteiger partial charge in [-0.1, -0.05) is 31.4 Å². The van der Waals surface area contributed by atoms with Crippen molar-refractivity contribution in [3.63, 3.8) is 0 Å². The maximum absolute atomic E-state index is 12.7. The van der Waals surface area contributed by atoms with Gasteiger partial charge < -0.3 is 20.1 Å². The summed E-state index contributed by atoms with van der Waals surface area (Å²) in [6.45, 7) is 6.01. The van der Waals surface area contributed by atoms with Gasteiger partial charge in [0.15, 0.2) is 0 Å². The van der Waals surface area contributed by atoms with Crippen LogP contribution in [0.5, 0.6) is 0 Å². The van der Waals surface area contributed by atoms with Gasteiger partial charge >= 0.3 is 6.09 Å². The second-order valence-corrected chi connectivity index (χ2v) is 8.88. The van der Waals surface area contributed by atoms with Crippen LogP contribution in [-0.2, 0) is 20.8 Å². The van der Waals surface area contributed by atoms with E-state index < -0.39 is 28.6 Å². The predicted molar refractivity (Wildman–Crippen MR) is 115 cm³/mol. The monoisotopic (exact) mass is 435 g/mol. The van der Waals surface area contributed by atoms with Gasteiger partial charge in [0.2, 0.25) is 5.91 Å². The maximum atomic E-state index is 12.7. The first kappa shape index (κ1) is 24.6. The molecule has 0 saturated heterocycles. The summed E-state index contributed by atoms with van der Waals surface area (Å²) >= 11 is 0. The van der Waals surface area contributed by atoms with Crippen molar-refractivity contribution in [2.75, 3.05) is 13.2 Å². The number of carbonyl (C=O) groups is 2. The number of nitro benzene ring substituents is 1. The lowest BCUT2D eigenvalue weighted by atomic mass is 9.90. The minimum atomic E-state index is -0.906. The molecule has 0 aromatic heterocycles. The summed E-state index contributed by atoms with van der Waals surface area (Å²) in [6, 6.07) is 5.01. The number of ether oxygens (including phenoxy) is 2. The molecule has 0 spiro atoms. The van der Waals surface area contributed by atoms with Crippen molar-refractivity contribution < 1.29 is 24.0 Å². The molecule has 1 aromatic rings. The lowest BCUT2D eigenvalue weighted by molar-refractivity contribution is -0.384. The van der Waals surface area contributed by atoms with Crippen molar-refractivity contribution in [2.45, 2.75) is 71.1 Å². The van der Waals surface area contributed by atoms with Crippen LogP contribution in [0, 0.1) is 16.0 Å². The molecule has 1 aliphatic carbocycles. The second-order valence-electron chi connectivity index (χ2n) is 8.88. The Morgan fingerprint density at radius 1 is 1.16 bits per heavy atom. The van der Waals surface area contributed by atoms with Gasteiger partial charge in [0.1, 0.15) is 11.6 Å². The maximum Gasteiger partial charge on any atom is 0.408 e. The van der Waals surface area contributed by atoms with Crippen molar-refractivity contribution in [2.24, 2.45) is 5.92 Å². The molecule has 2 amide bonds. The molecule has 0 unspecified atom stereocenters. The number of carbonyl (C=O) groups excluding carboxylic acids is 2. The topological polar surface area (TPSA) is 120 Å². The highest BCUT2D eigenvalue weighted by Crippen LogP contribution is 2.23. The first-order valence-corrected chi connectivity index (χ1v) is 10.7. The quantitative estimate of drug-likeness (QED) is 0.451. The van der Waals surface area contributed by atoms with Crippen molar-refractivity contribution in [3.8, 4) is 0 Å². The lowest BCUT2D eigenvalue weighted by Gasteiger charge is -2.25. The molecule has 1 aromatic carbocycles. The molecule has 0 bridgehead atoms. The summed E-state index contributed by atoms with van der Waals surface area (Å²) in [5, 5.41) is 16.1. The Labute approximate surface area is 183 Å². The number of alkyl carbamates (subject to hydrolysis) is 1. The Hall–Kier alpha value is -2.68. The van der Waals surface area contributed by atoms with Gasteiger partial charge in [-0.15, -0.1) is 0 Å². The number of benzene rings is 1. The first-order valence-electron chi connectivity index (χ1n) is 10.7. The van der Waals surface area contributed by atoms with Crippen molar-refractivity contribution in [3.05, 3.63) is 39.9 Å². The lowest BCUT2D eigenvalue weighted by Crippen LogP contribution is -2.50. The molecule has 9 nitrogen and oxygen atoms in total. The Kier molecular flexibility index (Phi) is 9.23. The number of hydrogen-bond acceptors (Lipinski definition) is 6. The average molecular weight is 436 g/mol. The predicted octanol–water partition coefficient (Wildman–Crippen LogP) is 3.70. The van der Waals surface area contributed by atoms with E-state index in [0.717, 1.165) is 12.8 Å². The summed E-state index contributed by atoms with van der Waals surface area (Å²) in [7, 11) is 0. The number of nitrogens with zero attached hydrogens (tertiary/aromatic N) is 1. The Balaban J connectivity index is 1.91.